The van der Waals surface area contributed by atoms with Gasteiger partial charge in [-0.3, -0.25) is 0 Å². The van der Waals surface area contributed by atoms with Crippen molar-refractivity contribution >= 4 is 26.0 Å². The number of nitrogens with two attached hydrogens (primary N) is 1. The van der Waals surface area contributed by atoms with E-state index in [9.17, 15) is 17.2 Å². The third kappa shape index (κ3) is 8.25. The molecule has 0 fully saturated rings. The summed E-state index contributed by atoms with van der Waals surface area (Å²) in [4.78, 5) is -3.14. The molecule has 0 aliphatic rings. The molecule has 0 spiro atoms. The van der Waals surface area contributed by atoms with Crippen LogP contribution in [0.15, 0.2) is 0 Å². The summed E-state index contributed by atoms with van der Waals surface area (Å²) in [5, 5.41) is 4.46. The van der Waals surface area contributed by atoms with Gasteiger partial charge in [-0.25, -0.2) is 13.6 Å². The fourth-order valence-corrected chi connectivity index (χ4v) is 1.26. The molecular formula is C3H6BrF2NO2S. The number of hydrogen-bond donors (Lipinski definition) is 1. The summed E-state index contributed by atoms with van der Waals surface area (Å²) in [5.41, 5.74) is 0. The van der Waals surface area contributed by atoms with Crippen molar-refractivity contribution in [1.29, 1.82) is 0 Å². The second kappa shape index (κ2) is 3.10. The zero-order valence-corrected chi connectivity index (χ0v) is 7.25. The van der Waals surface area contributed by atoms with Crippen LogP contribution < -0.4 is 5.14 Å². The summed E-state index contributed by atoms with van der Waals surface area (Å²) < 4.78 is 43.9. The maximum atomic E-state index is 11.8. The Hall–Kier alpha value is 0.250. The summed E-state index contributed by atoms with van der Waals surface area (Å²) in [5.74, 6) is -0.717. The molecule has 0 atom stereocenters. The molecule has 0 unspecified atom stereocenters. The smallest absolute Gasteiger partial charge is 0.229 e. The number of primary sulfonamides is 1. The van der Waals surface area contributed by atoms with Gasteiger partial charge >= 0.3 is 4.83 Å². The van der Waals surface area contributed by atoms with E-state index >= 15 is 0 Å². The van der Waals surface area contributed by atoms with Crippen LogP contribution in [-0.4, -0.2) is 19.0 Å². The van der Waals surface area contributed by atoms with Gasteiger partial charge in [-0.05, 0) is 15.9 Å². The summed E-state index contributed by atoms with van der Waals surface area (Å²) in [6, 6.07) is 0. The lowest BCUT2D eigenvalue weighted by molar-refractivity contribution is 0.111. The average Bonchev–Trinajstić information content (AvgIpc) is 1.57. The molecule has 62 valence electrons. The van der Waals surface area contributed by atoms with Gasteiger partial charge in [0.15, 0.2) is 0 Å². The summed E-state index contributed by atoms with van der Waals surface area (Å²) in [7, 11) is -3.77. The van der Waals surface area contributed by atoms with E-state index in [2.05, 4.69) is 5.14 Å². The Labute approximate surface area is 65.8 Å². The van der Waals surface area contributed by atoms with Crippen LogP contribution in [0.4, 0.5) is 8.78 Å². The second-order valence-electron chi connectivity index (χ2n) is 1.73. The molecule has 0 heterocycles. The molecule has 7 heteroatoms. The fraction of sp³-hybridized carbons (Fsp3) is 1.00. The first-order chi connectivity index (χ1) is 4.21. The molecule has 10 heavy (non-hydrogen) atoms. The Kier molecular flexibility index (Phi) is 3.18. The van der Waals surface area contributed by atoms with E-state index in [1.54, 1.807) is 0 Å². The van der Waals surface area contributed by atoms with E-state index in [0.29, 0.717) is 0 Å². The average molecular weight is 238 g/mol. The Morgan fingerprint density at radius 3 is 2.00 bits per heavy atom. The van der Waals surface area contributed by atoms with Crippen molar-refractivity contribution in [2.24, 2.45) is 5.14 Å². The third-order valence-electron chi connectivity index (χ3n) is 0.670. The van der Waals surface area contributed by atoms with Crippen LogP contribution in [0.1, 0.15) is 6.42 Å². The first-order valence-corrected chi connectivity index (χ1v) is 4.79. The largest absolute Gasteiger partial charge is 0.302 e. The molecule has 0 saturated heterocycles. The first-order valence-electron chi connectivity index (χ1n) is 2.28. The molecule has 0 saturated carbocycles. The minimum atomic E-state index is -3.77. The molecule has 0 radical (unpaired) electrons. The number of rotatable bonds is 3. The summed E-state index contributed by atoms with van der Waals surface area (Å²) >= 11 is 1.98. The number of halogens is 3. The van der Waals surface area contributed by atoms with E-state index < -0.39 is 27.0 Å². The summed E-state index contributed by atoms with van der Waals surface area (Å²) in [6.07, 6.45) is -0.800. The molecule has 0 aromatic heterocycles. The monoisotopic (exact) mass is 237 g/mol. The molecule has 0 rings (SSSR count). The Morgan fingerprint density at radius 1 is 1.50 bits per heavy atom. The van der Waals surface area contributed by atoms with Crippen LogP contribution in [-0.2, 0) is 10.0 Å². The zero-order chi connectivity index (χ0) is 8.41. The third-order valence-corrected chi connectivity index (χ3v) is 1.84. The van der Waals surface area contributed by atoms with E-state index in [1.807, 2.05) is 15.9 Å². The van der Waals surface area contributed by atoms with Crippen molar-refractivity contribution in [3.8, 4) is 0 Å². The SMILES string of the molecule is NS(=O)(=O)CCC(F)(F)Br. The maximum absolute atomic E-state index is 11.8. The first kappa shape index (κ1) is 10.2. The highest BCUT2D eigenvalue weighted by Gasteiger charge is 2.25. The summed E-state index contributed by atoms with van der Waals surface area (Å²) in [6.45, 7) is 0. The van der Waals surface area contributed by atoms with Crippen LogP contribution in [0.5, 0.6) is 0 Å². The molecule has 2 N–H and O–H groups in total. The molecule has 0 amide bonds. The Bertz CT molecular complexity index is 197. The molecule has 0 bridgehead atoms. The predicted octanol–water partition coefficient (Wildman–Crippen LogP) is 0.653. The highest BCUT2D eigenvalue weighted by Crippen LogP contribution is 2.25. The molecule has 3 nitrogen and oxygen atoms in total. The Morgan fingerprint density at radius 2 is 1.90 bits per heavy atom. The lowest BCUT2D eigenvalue weighted by atomic mass is 10.5. The van der Waals surface area contributed by atoms with Gasteiger partial charge in [-0.2, -0.15) is 8.78 Å². The van der Waals surface area contributed by atoms with Crippen LogP contribution in [0, 0.1) is 0 Å². The minimum Gasteiger partial charge on any atom is -0.229 e. The lowest BCUT2D eigenvalue weighted by Crippen LogP contribution is -2.21. The van der Waals surface area contributed by atoms with Gasteiger partial charge < -0.3 is 0 Å². The van der Waals surface area contributed by atoms with Gasteiger partial charge in [0.25, 0.3) is 0 Å². The van der Waals surface area contributed by atoms with E-state index in [4.69, 9.17) is 0 Å². The van der Waals surface area contributed by atoms with Crippen molar-refractivity contribution in [2.75, 3.05) is 5.75 Å². The second-order valence-corrected chi connectivity index (χ2v) is 4.63. The fourth-order valence-electron chi connectivity index (χ4n) is 0.258. The number of alkyl halides is 3. The molecular weight excluding hydrogens is 232 g/mol. The van der Waals surface area contributed by atoms with Crippen molar-refractivity contribution in [2.45, 2.75) is 11.3 Å². The number of hydrogen-bond acceptors (Lipinski definition) is 2. The Balaban J connectivity index is 3.79. The van der Waals surface area contributed by atoms with Gasteiger partial charge in [-0.1, -0.05) is 0 Å². The van der Waals surface area contributed by atoms with E-state index in [1.165, 1.54) is 0 Å². The van der Waals surface area contributed by atoms with E-state index in [0.717, 1.165) is 0 Å². The van der Waals surface area contributed by atoms with Crippen LogP contribution in [0.25, 0.3) is 0 Å². The standard InChI is InChI=1S/C3H6BrF2NO2S/c4-3(5,6)1-2-10(7,8)9/h1-2H2,(H2,7,8,9). The van der Waals surface area contributed by atoms with Gasteiger partial charge in [0, 0.05) is 6.42 Å². The molecule has 0 aromatic carbocycles. The van der Waals surface area contributed by atoms with Crippen LogP contribution in [0.3, 0.4) is 0 Å². The van der Waals surface area contributed by atoms with Gasteiger partial charge in [0.1, 0.15) is 0 Å². The van der Waals surface area contributed by atoms with Crippen molar-refractivity contribution in [1.82, 2.24) is 0 Å². The molecule has 0 aromatic rings. The lowest BCUT2D eigenvalue weighted by Gasteiger charge is -2.04. The van der Waals surface area contributed by atoms with Crippen molar-refractivity contribution in [3.63, 3.8) is 0 Å². The van der Waals surface area contributed by atoms with E-state index in [-0.39, 0.29) is 0 Å². The number of sulfonamides is 1. The highest BCUT2D eigenvalue weighted by atomic mass is 79.9. The normalized spacial score (nSPS) is 13.6. The van der Waals surface area contributed by atoms with Gasteiger partial charge in [-0.15, -0.1) is 0 Å². The van der Waals surface area contributed by atoms with Crippen molar-refractivity contribution < 1.29 is 17.2 Å². The highest BCUT2D eigenvalue weighted by molar-refractivity contribution is 9.10. The van der Waals surface area contributed by atoms with Crippen LogP contribution in [0.2, 0.25) is 0 Å². The quantitative estimate of drug-likeness (QED) is 0.734. The van der Waals surface area contributed by atoms with Crippen molar-refractivity contribution in [3.05, 3.63) is 0 Å². The predicted molar refractivity (Wildman–Crippen MR) is 36.5 cm³/mol. The maximum Gasteiger partial charge on any atom is 0.302 e. The van der Waals surface area contributed by atoms with Crippen LogP contribution >= 0.6 is 15.9 Å². The molecule has 0 aliphatic heterocycles. The zero-order valence-electron chi connectivity index (χ0n) is 4.85. The topological polar surface area (TPSA) is 60.2 Å². The van der Waals surface area contributed by atoms with Gasteiger partial charge in [0.2, 0.25) is 10.0 Å². The minimum absolute atomic E-state index is 0.717. The van der Waals surface area contributed by atoms with Gasteiger partial charge in [0.05, 0.1) is 5.75 Å². The molecule has 0 aliphatic carbocycles.